The first-order valence-corrected chi connectivity index (χ1v) is 11.7. The van der Waals surface area contributed by atoms with Crippen LogP contribution in [0.1, 0.15) is 26.3 Å². The van der Waals surface area contributed by atoms with E-state index in [4.69, 9.17) is 16.3 Å². The molecule has 0 atom stereocenters. The van der Waals surface area contributed by atoms with E-state index in [1.165, 1.54) is 24.8 Å². The number of benzene rings is 3. The summed E-state index contributed by atoms with van der Waals surface area (Å²) >= 11 is 6.15. The summed E-state index contributed by atoms with van der Waals surface area (Å²) in [5, 5.41) is 13.8. The van der Waals surface area contributed by atoms with Crippen LogP contribution in [0, 0.1) is 10.1 Å². The van der Waals surface area contributed by atoms with Gasteiger partial charge in [-0.05, 0) is 29.8 Å². The third kappa shape index (κ3) is 5.81. The van der Waals surface area contributed by atoms with Crippen LogP contribution in [-0.4, -0.2) is 55.0 Å². The fourth-order valence-corrected chi connectivity index (χ4v) is 4.40. The van der Waals surface area contributed by atoms with Crippen LogP contribution in [0.3, 0.4) is 0 Å². The van der Waals surface area contributed by atoms with Gasteiger partial charge >= 0.3 is 5.97 Å². The molecule has 1 aliphatic heterocycles. The number of amides is 1. The Bertz CT molecular complexity index is 1280. The molecule has 0 spiro atoms. The molecule has 0 aromatic heterocycles. The molecule has 1 aliphatic rings. The number of hydrogen-bond donors (Lipinski definition) is 1. The fourth-order valence-electron chi connectivity index (χ4n) is 4.14. The number of piperazine rings is 1. The molecule has 3 aromatic carbocycles. The smallest absolute Gasteiger partial charge is 0.337 e. The zero-order valence-electron chi connectivity index (χ0n) is 19.6. The number of esters is 1. The Balaban J connectivity index is 1.54. The van der Waals surface area contributed by atoms with Gasteiger partial charge in [0, 0.05) is 44.9 Å². The van der Waals surface area contributed by atoms with Crippen molar-refractivity contribution >= 4 is 40.5 Å². The number of anilines is 2. The minimum atomic E-state index is -0.580. The van der Waals surface area contributed by atoms with Gasteiger partial charge in [0.15, 0.2) is 0 Å². The Morgan fingerprint density at radius 2 is 1.75 bits per heavy atom. The number of nitrogens with one attached hydrogen (secondary N) is 1. The summed E-state index contributed by atoms with van der Waals surface area (Å²) in [6.45, 7) is 3.97. The summed E-state index contributed by atoms with van der Waals surface area (Å²) in [5.74, 6) is -1.07. The van der Waals surface area contributed by atoms with E-state index in [0.717, 1.165) is 44.5 Å². The van der Waals surface area contributed by atoms with Crippen LogP contribution in [-0.2, 0) is 11.3 Å². The van der Waals surface area contributed by atoms with E-state index in [1.54, 1.807) is 18.2 Å². The lowest BCUT2D eigenvalue weighted by atomic mass is 10.1. The minimum absolute atomic E-state index is 0.0399. The van der Waals surface area contributed by atoms with E-state index >= 15 is 0 Å². The molecule has 1 N–H and O–H groups in total. The number of nitro groups is 1. The summed E-state index contributed by atoms with van der Waals surface area (Å²) in [7, 11) is 1.29. The molecular weight excluding hydrogens is 484 g/mol. The second-order valence-corrected chi connectivity index (χ2v) is 8.75. The van der Waals surface area contributed by atoms with Gasteiger partial charge in [-0.25, -0.2) is 4.79 Å². The molecule has 3 aromatic rings. The number of carbonyl (C=O) groups is 2. The molecule has 0 saturated carbocycles. The molecule has 36 heavy (non-hydrogen) atoms. The van der Waals surface area contributed by atoms with Gasteiger partial charge in [0.1, 0.15) is 0 Å². The van der Waals surface area contributed by atoms with Crippen LogP contribution in [0.4, 0.5) is 17.1 Å². The van der Waals surface area contributed by atoms with Gasteiger partial charge in [0.2, 0.25) is 0 Å². The number of carbonyl (C=O) groups excluding carboxylic acids is 2. The number of non-ortho nitro benzene ring substituents is 1. The molecule has 0 unspecified atom stereocenters. The summed E-state index contributed by atoms with van der Waals surface area (Å²) in [4.78, 5) is 40.1. The Morgan fingerprint density at radius 3 is 2.39 bits per heavy atom. The normalized spacial score (nSPS) is 13.8. The average Bonchev–Trinajstić information content (AvgIpc) is 2.89. The highest BCUT2D eigenvalue weighted by molar-refractivity contribution is 6.34. The van der Waals surface area contributed by atoms with E-state index in [-0.39, 0.29) is 21.8 Å². The second-order valence-electron chi connectivity index (χ2n) is 8.35. The van der Waals surface area contributed by atoms with Crippen molar-refractivity contribution in [1.29, 1.82) is 0 Å². The fraction of sp³-hybridized carbons (Fsp3) is 0.231. The van der Waals surface area contributed by atoms with Crippen LogP contribution < -0.4 is 10.2 Å². The van der Waals surface area contributed by atoms with Gasteiger partial charge < -0.3 is 15.0 Å². The van der Waals surface area contributed by atoms with E-state index < -0.39 is 16.8 Å². The van der Waals surface area contributed by atoms with Crippen LogP contribution in [0.5, 0.6) is 0 Å². The molecule has 0 radical (unpaired) electrons. The summed E-state index contributed by atoms with van der Waals surface area (Å²) < 4.78 is 4.83. The number of ether oxygens (including phenoxy) is 1. The monoisotopic (exact) mass is 508 g/mol. The third-order valence-corrected chi connectivity index (χ3v) is 6.35. The zero-order valence-corrected chi connectivity index (χ0v) is 20.4. The summed E-state index contributed by atoms with van der Waals surface area (Å²) in [6.07, 6.45) is 0. The van der Waals surface area contributed by atoms with Crippen molar-refractivity contribution in [3.8, 4) is 0 Å². The Labute approximate surface area is 213 Å². The number of hydrogen-bond acceptors (Lipinski definition) is 7. The van der Waals surface area contributed by atoms with E-state index in [2.05, 4.69) is 27.2 Å². The van der Waals surface area contributed by atoms with E-state index in [0.29, 0.717) is 5.69 Å². The average molecular weight is 509 g/mol. The van der Waals surface area contributed by atoms with Crippen LogP contribution in [0.15, 0.2) is 66.7 Å². The molecule has 1 amide bonds. The van der Waals surface area contributed by atoms with Crippen LogP contribution >= 0.6 is 11.6 Å². The predicted molar refractivity (Wildman–Crippen MR) is 138 cm³/mol. The first-order chi connectivity index (χ1) is 17.4. The Kier molecular flexibility index (Phi) is 7.82. The predicted octanol–water partition coefficient (Wildman–Crippen LogP) is 4.61. The van der Waals surface area contributed by atoms with E-state index in [9.17, 15) is 19.7 Å². The first kappa shape index (κ1) is 25.2. The molecule has 186 valence electrons. The van der Waals surface area contributed by atoms with Crippen molar-refractivity contribution < 1.29 is 19.2 Å². The molecule has 0 bridgehead atoms. The maximum atomic E-state index is 13.0. The lowest BCUT2D eigenvalue weighted by Gasteiger charge is -2.37. The maximum absolute atomic E-state index is 13.0. The van der Waals surface area contributed by atoms with Crippen LogP contribution in [0.2, 0.25) is 5.02 Å². The first-order valence-electron chi connectivity index (χ1n) is 11.3. The van der Waals surface area contributed by atoms with Crippen LogP contribution in [0.25, 0.3) is 0 Å². The lowest BCUT2D eigenvalue weighted by Crippen LogP contribution is -2.46. The maximum Gasteiger partial charge on any atom is 0.337 e. The molecule has 10 heteroatoms. The third-order valence-electron chi connectivity index (χ3n) is 6.04. The van der Waals surface area contributed by atoms with Crippen molar-refractivity contribution in [2.75, 3.05) is 43.5 Å². The highest BCUT2D eigenvalue weighted by Gasteiger charge is 2.23. The molecule has 1 saturated heterocycles. The number of nitro benzene ring substituents is 1. The van der Waals surface area contributed by atoms with Gasteiger partial charge in [-0.2, -0.15) is 0 Å². The summed E-state index contributed by atoms with van der Waals surface area (Å²) in [6, 6.07) is 18.9. The molecule has 1 heterocycles. The molecule has 1 fully saturated rings. The van der Waals surface area contributed by atoms with Crippen molar-refractivity contribution in [3.63, 3.8) is 0 Å². The quantitative estimate of drug-likeness (QED) is 0.282. The lowest BCUT2D eigenvalue weighted by molar-refractivity contribution is -0.384. The van der Waals surface area contributed by atoms with Crippen molar-refractivity contribution in [2.24, 2.45) is 0 Å². The number of halogens is 1. The molecular formula is C26H25ClN4O5. The van der Waals surface area contributed by atoms with E-state index in [1.807, 2.05) is 18.2 Å². The standard InChI is InChI=1S/C26H25ClN4O5/c1-36-26(33)19-7-10-24(30-13-11-29(12-14-30)17-18-5-3-2-4-6-18)23(15-19)28-25(32)21-9-8-20(31(34)35)16-22(21)27/h2-10,15-16H,11-14,17H2,1H3,(H,28,32). The zero-order chi connectivity index (χ0) is 25.7. The molecule has 4 rings (SSSR count). The van der Waals surface area contributed by atoms with Gasteiger partial charge in [-0.3, -0.25) is 19.8 Å². The van der Waals surface area contributed by atoms with Crippen molar-refractivity contribution in [1.82, 2.24) is 4.90 Å². The number of rotatable bonds is 7. The second kappa shape index (κ2) is 11.2. The largest absolute Gasteiger partial charge is 0.465 e. The van der Waals surface area contributed by atoms with Gasteiger partial charge in [-0.15, -0.1) is 0 Å². The molecule has 9 nitrogen and oxygen atoms in total. The van der Waals surface area contributed by atoms with Gasteiger partial charge in [0.05, 0.1) is 39.6 Å². The highest BCUT2D eigenvalue weighted by atomic mass is 35.5. The highest BCUT2D eigenvalue weighted by Crippen LogP contribution is 2.31. The van der Waals surface area contributed by atoms with Gasteiger partial charge in [-0.1, -0.05) is 41.9 Å². The minimum Gasteiger partial charge on any atom is -0.465 e. The molecule has 0 aliphatic carbocycles. The van der Waals surface area contributed by atoms with Gasteiger partial charge in [0.25, 0.3) is 11.6 Å². The topological polar surface area (TPSA) is 105 Å². The number of methoxy groups -OCH3 is 1. The number of nitrogens with zero attached hydrogens (tertiary/aromatic N) is 3. The Hall–Kier alpha value is -3.95. The Morgan fingerprint density at radius 1 is 1.03 bits per heavy atom. The summed E-state index contributed by atoms with van der Waals surface area (Å²) in [5.41, 5.74) is 2.60. The van der Waals surface area contributed by atoms with Crippen molar-refractivity contribution in [3.05, 3.63) is 98.6 Å². The SMILES string of the molecule is COC(=O)c1ccc(N2CCN(Cc3ccccc3)CC2)c(NC(=O)c2ccc([N+](=O)[O-])cc2Cl)c1. The van der Waals surface area contributed by atoms with Crippen molar-refractivity contribution in [2.45, 2.75) is 6.54 Å².